The van der Waals surface area contributed by atoms with E-state index in [-0.39, 0.29) is 11.9 Å². The molecule has 3 rings (SSSR count). The first kappa shape index (κ1) is 18.4. The van der Waals surface area contributed by atoms with Gasteiger partial charge < -0.3 is 10.2 Å². The fourth-order valence-corrected chi connectivity index (χ4v) is 4.99. The molecule has 1 aromatic carbocycles. The molecule has 138 valence electrons. The van der Waals surface area contributed by atoms with Crippen LogP contribution in [0.2, 0.25) is 0 Å². The lowest BCUT2D eigenvalue weighted by Gasteiger charge is -2.30. The van der Waals surface area contributed by atoms with Gasteiger partial charge in [-0.15, -0.1) is 0 Å². The number of nitrogens with zero attached hydrogens (tertiary/aromatic N) is 1. The Balaban J connectivity index is 1.78. The van der Waals surface area contributed by atoms with Crippen molar-refractivity contribution >= 4 is 15.9 Å². The van der Waals surface area contributed by atoms with E-state index in [1.54, 1.807) is 19.1 Å². The summed E-state index contributed by atoms with van der Waals surface area (Å²) in [6.07, 6.45) is 2.43. The van der Waals surface area contributed by atoms with E-state index in [2.05, 4.69) is 17.0 Å². The lowest BCUT2D eigenvalue weighted by molar-refractivity contribution is -0.128. The summed E-state index contributed by atoms with van der Waals surface area (Å²) in [5.74, 6) is 0.391. The quantitative estimate of drug-likeness (QED) is 0.835. The van der Waals surface area contributed by atoms with Crippen molar-refractivity contribution in [2.24, 2.45) is 5.92 Å². The summed E-state index contributed by atoms with van der Waals surface area (Å²) >= 11 is 0. The normalized spacial score (nSPS) is 24.5. The number of hydrogen-bond acceptors (Lipinski definition) is 4. The van der Waals surface area contributed by atoms with E-state index in [1.807, 2.05) is 11.0 Å². The summed E-state index contributed by atoms with van der Waals surface area (Å²) in [5.41, 5.74) is 2.16. The molecule has 0 saturated carbocycles. The van der Waals surface area contributed by atoms with Gasteiger partial charge in [-0.2, -0.15) is 0 Å². The fourth-order valence-electron chi connectivity index (χ4n) is 3.60. The van der Waals surface area contributed by atoms with Crippen molar-refractivity contribution in [1.82, 2.24) is 14.9 Å². The Labute approximate surface area is 150 Å². The number of piperidine rings is 1. The molecule has 2 N–H and O–H groups in total. The number of benzene rings is 1. The summed E-state index contributed by atoms with van der Waals surface area (Å²) in [4.78, 5) is 13.7. The highest BCUT2D eigenvalue weighted by atomic mass is 32.2. The Morgan fingerprint density at radius 3 is 2.64 bits per heavy atom. The zero-order valence-electron chi connectivity index (χ0n) is 14.9. The third-order valence-electron chi connectivity index (χ3n) is 5.37. The molecule has 2 heterocycles. The zero-order valence-corrected chi connectivity index (χ0v) is 15.7. The molecule has 2 unspecified atom stereocenters. The molecule has 0 spiro atoms. The number of rotatable bonds is 3. The van der Waals surface area contributed by atoms with Gasteiger partial charge in [-0.25, -0.2) is 13.1 Å². The molecule has 2 atom stereocenters. The van der Waals surface area contributed by atoms with Crippen LogP contribution in [-0.4, -0.2) is 51.4 Å². The minimum Gasteiger partial charge on any atom is -0.342 e. The Bertz CT molecular complexity index is 748. The first-order valence-electron chi connectivity index (χ1n) is 8.97. The van der Waals surface area contributed by atoms with Gasteiger partial charge in [0.1, 0.15) is 0 Å². The van der Waals surface area contributed by atoms with Gasteiger partial charge in [-0.1, -0.05) is 13.0 Å². The van der Waals surface area contributed by atoms with Crippen molar-refractivity contribution in [2.45, 2.75) is 44.0 Å². The Hall–Kier alpha value is -1.44. The topological polar surface area (TPSA) is 78.5 Å². The van der Waals surface area contributed by atoms with Crippen molar-refractivity contribution in [3.8, 4) is 0 Å². The molecule has 0 aromatic heterocycles. The third-order valence-corrected chi connectivity index (χ3v) is 6.86. The Kier molecular flexibility index (Phi) is 5.46. The van der Waals surface area contributed by atoms with Crippen LogP contribution in [0.5, 0.6) is 0 Å². The SMILES string of the molecule is CC(=O)N1CCc2ccc(S(=O)(=O)NC3CNCCC3C)cc2CC1. The van der Waals surface area contributed by atoms with Gasteiger partial charge >= 0.3 is 0 Å². The molecule has 0 bridgehead atoms. The molecule has 0 aliphatic carbocycles. The van der Waals surface area contributed by atoms with E-state index in [0.29, 0.717) is 36.9 Å². The number of sulfonamides is 1. The zero-order chi connectivity index (χ0) is 18.0. The smallest absolute Gasteiger partial charge is 0.240 e. The van der Waals surface area contributed by atoms with Crippen LogP contribution in [0.1, 0.15) is 31.4 Å². The number of nitrogens with one attached hydrogen (secondary N) is 2. The highest BCUT2D eigenvalue weighted by Gasteiger charge is 2.27. The maximum atomic E-state index is 12.8. The number of carbonyl (C=O) groups is 1. The van der Waals surface area contributed by atoms with E-state index >= 15 is 0 Å². The van der Waals surface area contributed by atoms with Crippen LogP contribution in [0.3, 0.4) is 0 Å². The average molecular weight is 365 g/mol. The van der Waals surface area contributed by atoms with Crippen LogP contribution in [0.25, 0.3) is 0 Å². The minimum atomic E-state index is -3.54. The Morgan fingerprint density at radius 2 is 1.96 bits per heavy atom. The second-order valence-corrected chi connectivity index (χ2v) is 8.85. The van der Waals surface area contributed by atoms with E-state index in [4.69, 9.17) is 0 Å². The summed E-state index contributed by atoms with van der Waals surface area (Å²) in [6.45, 7) is 6.60. The minimum absolute atomic E-state index is 0.0705. The van der Waals surface area contributed by atoms with Gasteiger partial charge in [0.2, 0.25) is 15.9 Å². The maximum absolute atomic E-state index is 12.8. The monoisotopic (exact) mass is 365 g/mol. The van der Waals surface area contributed by atoms with Crippen molar-refractivity contribution in [3.05, 3.63) is 29.3 Å². The van der Waals surface area contributed by atoms with Crippen LogP contribution in [-0.2, 0) is 27.7 Å². The number of amides is 1. The number of fused-ring (bicyclic) bond motifs is 1. The summed E-state index contributed by atoms with van der Waals surface area (Å²) in [7, 11) is -3.54. The van der Waals surface area contributed by atoms with Crippen molar-refractivity contribution < 1.29 is 13.2 Å². The third kappa shape index (κ3) is 4.22. The second-order valence-electron chi connectivity index (χ2n) is 7.13. The van der Waals surface area contributed by atoms with Gasteiger partial charge in [0.25, 0.3) is 0 Å². The summed E-state index contributed by atoms with van der Waals surface area (Å²) in [6, 6.07) is 5.29. The van der Waals surface area contributed by atoms with E-state index in [9.17, 15) is 13.2 Å². The summed E-state index contributed by atoms with van der Waals surface area (Å²) in [5, 5.41) is 3.25. The predicted octanol–water partition coefficient (Wildman–Crippen LogP) is 0.910. The lowest BCUT2D eigenvalue weighted by Crippen LogP contribution is -2.50. The molecular formula is C18H27N3O3S. The first-order valence-corrected chi connectivity index (χ1v) is 10.5. The second kappa shape index (κ2) is 7.43. The number of carbonyl (C=O) groups excluding carboxylic acids is 1. The molecular weight excluding hydrogens is 338 g/mol. The van der Waals surface area contributed by atoms with Gasteiger partial charge in [0.05, 0.1) is 4.90 Å². The lowest BCUT2D eigenvalue weighted by atomic mass is 9.96. The van der Waals surface area contributed by atoms with Gasteiger partial charge in [-0.3, -0.25) is 4.79 Å². The molecule has 1 fully saturated rings. The van der Waals surface area contributed by atoms with Crippen LogP contribution >= 0.6 is 0 Å². The van der Waals surface area contributed by atoms with E-state index < -0.39 is 10.0 Å². The van der Waals surface area contributed by atoms with Crippen LogP contribution in [0, 0.1) is 5.92 Å². The van der Waals surface area contributed by atoms with E-state index in [1.165, 1.54) is 0 Å². The largest absolute Gasteiger partial charge is 0.342 e. The molecule has 0 radical (unpaired) electrons. The van der Waals surface area contributed by atoms with Crippen molar-refractivity contribution in [1.29, 1.82) is 0 Å². The van der Waals surface area contributed by atoms with Gasteiger partial charge in [0.15, 0.2) is 0 Å². The van der Waals surface area contributed by atoms with Crippen LogP contribution in [0.4, 0.5) is 0 Å². The van der Waals surface area contributed by atoms with Gasteiger partial charge in [-0.05, 0) is 55.0 Å². The maximum Gasteiger partial charge on any atom is 0.240 e. The predicted molar refractivity (Wildman–Crippen MR) is 96.9 cm³/mol. The average Bonchev–Trinajstić information content (AvgIpc) is 2.79. The van der Waals surface area contributed by atoms with E-state index in [0.717, 1.165) is 30.5 Å². The van der Waals surface area contributed by atoms with Crippen LogP contribution < -0.4 is 10.0 Å². The van der Waals surface area contributed by atoms with Crippen molar-refractivity contribution in [2.75, 3.05) is 26.2 Å². The molecule has 2 aliphatic heterocycles. The highest BCUT2D eigenvalue weighted by molar-refractivity contribution is 7.89. The Morgan fingerprint density at radius 1 is 1.24 bits per heavy atom. The molecule has 1 amide bonds. The molecule has 6 nitrogen and oxygen atoms in total. The first-order chi connectivity index (χ1) is 11.9. The molecule has 7 heteroatoms. The van der Waals surface area contributed by atoms with Crippen LogP contribution in [0.15, 0.2) is 23.1 Å². The fraction of sp³-hybridized carbons (Fsp3) is 0.611. The van der Waals surface area contributed by atoms with Crippen molar-refractivity contribution in [3.63, 3.8) is 0 Å². The highest BCUT2D eigenvalue weighted by Crippen LogP contribution is 2.22. The summed E-state index contributed by atoms with van der Waals surface area (Å²) < 4.78 is 28.4. The standard InChI is InChI=1S/C18H27N3O3S/c1-13-5-8-19-12-18(13)20-25(23,24)17-4-3-15-6-9-21(14(2)22)10-7-16(15)11-17/h3-4,11,13,18-20H,5-10,12H2,1-2H3. The molecule has 1 saturated heterocycles. The molecule has 1 aromatic rings. The molecule has 2 aliphatic rings. The number of hydrogen-bond donors (Lipinski definition) is 2. The molecule has 25 heavy (non-hydrogen) atoms. The van der Waals surface area contributed by atoms with Gasteiger partial charge in [0, 0.05) is 32.6 Å².